The zero-order valence-corrected chi connectivity index (χ0v) is 11.5. The number of hydrogen-bond acceptors (Lipinski definition) is 2. The quantitative estimate of drug-likeness (QED) is 0.849. The van der Waals surface area contributed by atoms with Crippen molar-refractivity contribution in [3.63, 3.8) is 0 Å². The van der Waals surface area contributed by atoms with E-state index in [0.717, 1.165) is 12.0 Å². The maximum Gasteiger partial charge on any atom is 0.0671 e. The summed E-state index contributed by atoms with van der Waals surface area (Å²) >= 11 is 5.86. The number of benzene rings is 1. The van der Waals surface area contributed by atoms with Crippen LogP contribution in [0.4, 0.5) is 0 Å². The standard InChI is InChI=1S/C14H22ClNO/c1-4-14(2,3)13(17)12(9-16)10-5-7-11(15)8-6-10/h5-8,12-13,17H,4,9,16H2,1-3H3. The number of hydrogen-bond donors (Lipinski definition) is 2. The van der Waals surface area contributed by atoms with Crippen LogP contribution in [-0.4, -0.2) is 17.8 Å². The highest BCUT2D eigenvalue weighted by atomic mass is 35.5. The first kappa shape index (κ1) is 14.5. The summed E-state index contributed by atoms with van der Waals surface area (Å²) in [5.74, 6) is -0.0396. The SMILES string of the molecule is CCC(C)(C)C(O)C(CN)c1ccc(Cl)cc1. The van der Waals surface area contributed by atoms with Gasteiger partial charge in [0.05, 0.1) is 6.10 Å². The molecule has 3 heteroatoms. The molecule has 3 N–H and O–H groups in total. The highest BCUT2D eigenvalue weighted by molar-refractivity contribution is 6.30. The minimum absolute atomic E-state index is 0.0396. The summed E-state index contributed by atoms with van der Waals surface area (Å²) in [4.78, 5) is 0. The topological polar surface area (TPSA) is 46.2 Å². The van der Waals surface area contributed by atoms with Gasteiger partial charge in [0.25, 0.3) is 0 Å². The summed E-state index contributed by atoms with van der Waals surface area (Å²) in [6, 6.07) is 7.56. The van der Waals surface area contributed by atoms with Gasteiger partial charge in [0.1, 0.15) is 0 Å². The van der Waals surface area contributed by atoms with Crippen LogP contribution in [0.2, 0.25) is 5.02 Å². The first-order valence-electron chi connectivity index (χ1n) is 6.06. The molecule has 0 aliphatic carbocycles. The Bertz CT molecular complexity index is 348. The molecule has 0 radical (unpaired) electrons. The average Bonchev–Trinajstić information content (AvgIpc) is 2.32. The Hall–Kier alpha value is -0.570. The van der Waals surface area contributed by atoms with Gasteiger partial charge in [-0.1, -0.05) is 44.5 Å². The minimum atomic E-state index is -0.446. The van der Waals surface area contributed by atoms with Crippen molar-refractivity contribution in [3.05, 3.63) is 34.9 Å². The van der Waals surface area contributed by atoms with Crippen LogP contribution >= 0.6 is 11.6 Å². The molecule has 0 amide bonds. The molecular formula is C14H22ClNO. The first-order valence-corrected chi connectivity index (χ1v) is 6.43. The molecule has 1 rings (SSSR count). The van der Waals surface area contributed by atoms with Gasteiger partial charge in [-0.2, -0.15) is 0 Å². The Kier molecular flexibility index (Phi) is 4.99. The molecule has 1 aromatic rings. The van der Waals surface area contributed by atoms with Crippen LogP contribution in [0.1, 0.15) is 38.7 Å². The molecule has 0 heterocycles. The highest BCUT2D eigenvalue weighted by Crippen LogP contribution is 2.34. The largest absolute Gasteiger partial charge is 0.392 e. The van der Waals surface area contributed by atoms with Crippen LogP contribution in [0.25, 0.3) is 0 Å². The molecule has 96 valence electrons. The number of rotatable bonds is 5. The molecule has 2 unspecified atom stereocenters. The van der Waals surface area contributed by atoms with E-state index in [-0.39, 0.29) is 11.3 Å². The van der Waals surface area contributed by atoms with Crippen LogP contribution in [0, 0.1) is 5.41 Å². The molecule has 1 aromatic carbocycles. The number of aliphatic hydroxyl groups excluding tert-OH is 1. The minimum Gasteiger partial charge on any atom is -0.392 e. The second kappa shape index (κ2) is 5.85. The molecule has 2 atom stereocenters. The Balaban J connectivity index is 2.95. The van der Waals surface area contributed by atoms with E-state index < -0.39 is 6.10 Å². The molecular weight excluding hydrogens is 234 g/mol. The third-order valence-electron chi connectivity index (χ3n) is 3.65. The molecule has 0 saturated carbocycles. The molecule has 0 spiro atoms. The van der Waals surface area contributed by atoms with Crippen molar-refractivity contribution in [2.75, 3.05) is 6.54 Å². The molecule has 0 bridgehead atoms. The zero-order valence-electron chi connectivity index (χ0n) is 10.8. The molecule has 0 aromatic heterocycles. The Labute approximate surface area is 109 Å². The number of aliphatic hydroxyl groups is 1. The van der Waals surface area contributed by atoms with E-state index >= 15 is 0 Å². The van der Waals surface area contributed by atoms with Gasteiger partial charge in [0, 0.05) is 17.5 Å². The zero-order chi connectivity index (χ0) is 13.1. The maximum atomic E-state index is 10.4. The van der Waals surface area contributed by atoms with Gasteiger partial charge in [-0.05, 0) is 29.5 Å². The van der Waals surface area contributed by atoms with Crippen LogP contribution in [0.5, 0.6) is 0 Å². The van der Waals surface area contributed by atoms with Crippen molar-refractivity contribution >= 4 is 11.6 Å². The van der Waals surface area contributed by atoms with Gasteiger partial charge in [0.15, 0.2) is 0 Å². The van der Waals surface area contributed by atoms with Crippen molar-refractivity contribution in [2.24, 2.45) is 11.1 Å². The predicted molar refractivity (Wildman–Crippen MR) is 73.3 cm³/mol. The average molecular weight is 256 g/mol. The van der Waals surface area contributed by atoms with Gasteiger partial charge in [-0.25, -0.2) is 0 Å². The molecule has 2 nitrogen and oxygen atoms in total. The fourth-order valence-corrected chi connectivity index (χ4v) is 2.04. The van der Waals surface area contributed by atoms with E-state index in [1.165, 1.54) is 0 Å². The van der Waals surface area contributed by atoms with E-state index in [9.17, 15) is 5.11 Å². The summed E-state index contributed by atoms with van der Waals surface area (Å²) in [7, 11) is 0. The molecule has 0 aliphatic heterocycles. The van der Waals surface area contributed by atoms with Gasteiger partial charge in [-0.3, -0.25) is 0 Å². The maximum absolute atomic E-state index is 10.4. The first-order chi connectivity index (χ1) is 7.92. The lowest BCUT2D eigenvalue weighted by Crippen LogP contribution is -2.37. The Morgan fingerprint density at radius 2 is 1.82 bits per heavy atom. The third kappa shape index (κ3) is 3.44. The molecule has 17 heavy (non-hydrogen) atoms. The fraction of sp³-hybridized carbons (Fsp3) is 0.571. The fourth-order valence-electron chi connectivity index (χ4n) is 1.91. The summed E-state index contributed by atoms with van der Waals surface area (Å²) in [5, 5.41) is 11.1. The number of halogens is 1. The normalized spacial score (nSPS) is 15.6. The lowest BCUT2D eigenvalue weighted by atomic mass is 9.75. The van der Waals surface area contributed by atoms with Crippen LogP contribution < -0.4 is 5.73 Å². The highest BCUT2D eigenvalue weighted by Gasteiger charge is 2.32. The van der Waals surface area contributed by atoms with E-state index in [1.807, 2.05) is 24.3 Å². The van der Waals surface area contributed by atoms with E-state index in [4.69, 9.17) is 17.3 Å². The molecule has 0 aliphatic rings. The van der Waals surface area contributed by atoms with Crippen molar-refractivity contribution < 1.29 is 5.11 Å². The number of nitrogens with two attached hydrogens (primary N) is 1. The van der Waals surface area contributed by atoms with Crippen molar-refractivity contribution in [3.8, 4) is 0 Å². The predicted octanol–water partition coefficient (Wildman–Crippen LogP) is 3.18. The summed E-state index contributed by atoms with van der Waals surface area (Å²) in [5.41, 5.74) is 6.71. The van der Waals surface area contributed by atoms with Gasteiger partial charge < -0.3 is 10.8 Å². The van der Waals surface area contributed by atoms with Crippen LogP contribution in [0.15, 0.2) is 24.3 Å². The van der Waals surface area contributed by atoms with Crippen molar-refractivity contribution in [1.29, 1.82) is 0 Å². The van der Waals surface area contributed by atoms with Crippen molar-refractivity contribution in [1.82, 2.24) is 0 Å². The smallest absolute Gasteiger partial charge is 0.0671 e. The molecule has 0 saturated heterocycles. The van der Waals surface area contributed by atoms with Crippen LogP contribution in [-0.2, 0) is 0 Å². The van der Waals surface area contributed by atoms with Gasteiger partial charge in [-0.15, -0.1) is 0 Å². The van der Waals surface area contributed by atoms with E-state index in [1.54, 1.807) is 0 Å². The third-order valence-corrected chi connectivity index (χ3v) is 3.90. The monoisotopic (exact) mass is 255 g/mol. The Morgan fingerprint density at radius 3 is 2.24 bits per heavy atom. The lowest BCUT2D eigenvalue weighted by molar-refractivity contribution is 0.0264. The Morgan fingerprint density at radius 1 is 1.29 bits per heavy atom. The van der Waals surface area contributed by atoms with Gasteiger partial charge in [0.2, 0.25) is 0 Å². The summed E-state index contributed by atoms with van der Waals surface area (Å²) in [6.07, 6.45) is 0.469. The van der Waals surface area contributed by atoms with E-state index in [2.05, 4.69) is 20.8 Å². The van der Waals surface area contributed by atoms with Crippen LogP contribution in [0.3, 0.4) is 0 Å². The second-order valence-corrected chi connectivity index (χ2v) is 5.62. The summed E-state index contributed by atoms with van der Waals surface area (Å²) in [6.45, 7) is 6.65. The van der Waals surface area contributed by atoms with Gasteiger partial charge >= 0.3 is 0 Å². The summed E-state index contributed by atoms with van der Waals surface area (Å²) < 4.78 is 0. The van der Waals surface area contributed by atoms with Crippen molar-refractivity contribution in [2.45, 2.75) is 39.2 Å². The lowest BCUT2D eigenvalue weighted by Gasteiger charge is -2.35. The molecule has 0 fully saturated rings. The van der Waals surface area contributed by atoms with E-state index in [0.29, 0.717) is 11.6 Å². The second-order valence-electron chi connectivity index (χ2n) is 5.18.